The van der Waals surface area contributed by atoms with Crippen LogP contribution in [0, 0.1) is 0 Å². The third-order valence-corrected chi connectivity index (χ3v) is 2.39. The fourth-order valence-corrected chi connectivity index (χ4v) is 2.02. The molecule has 1 N–H and O–H groups in total. The van der Waals surface area contributed by atoms with E-state index >= 15 is 0 Å². The lowest BCUT2D eigenvalue weighted by Crippen LogP contribution is -2.30. The van der Waals surface area contributed by atoms with Crippen molar-refractivity contribution in [1.82, 2.24) is 10.2 Å². The highest BCUT2D eigenvalue weighted by Crippen LogP contribution is 2.02. The van der Waals surface area contributed by atoms with Crippen LogP contribution < -0.4 is 5.32 Å². The van der Waals surface area contributed by atoms with Gasteiger partial charge < -0.3 is 10.2 Å². The van der Waals surface area contributed by atoms with Crippen molar-refractivity contribution in [1.29, 1.82) is 0 Å². The van der Waals surface area contributed by atoms with Gasteiger partial charge in [-0.05, 0) is 26.6 Å². The second kappa shape index (κ2) is 3.73. The predicted octanol–water partition coefficient (Wildman–Crippen LogP) is 0.673. The number of nitrogens with zero attached hydrogens (tertiary/aromatic N) is 1. The Balaban J connectivity index is 2.29. The van der Waals surface area contributed by atoms with Crippen LogP contribution in [0.4, 0.5) is 0 Å². The Morgan fingerprint density at radius 2 is 2.44 bits per heavy atom. The number of nitrogens with one attached hydrogen (secondary N) is 1. The van der Waals surface area contributed by atoms with E-state index in [9.17, 15) is 0 Å². The molecule has 0 aromatic carbocycles. The predicted molar refractivity (Wildman–Crippen MR) is 47.9 cm³/mol. The van der Waals surface area contributed by atoms with Gasteiger partial charge in [0.2, 0.25) is 0 Å². The maximum Gasteiger partial charge on any atom is 0.0722 e. The van der Waals surface area contributed by atoms with Gasteiger partial charge in [0.25, 0.3) is 0 Å². The van der Waals surface area contributed by atoms with Crippen molar-refractivity contribution in [2.45, 2.75) is 10.5 Å². The SMILES string of the molecule is CN1CCCNC(I)C1. The van der Waals surface area contributed by atoms with E-state index in [1.165, 1.54) is 26.1 Å². The van der Waals surface area contributed by atoms with Gasteiger partial charge in [-0.3, -0.25) is 0 Å². The standard InChI is InChI=1S/C6H13IN2/c1-9-4-2-3-8-6(7)5-9/h6,8H,2-5H2,1H3. The fraction of sp³-hybridized carbons (Fsp3) is 1.00. The number of hydrogen-bond donors (Lipinski definition) is 1. The zero-order valence-corrected chi connectivity index (χ0v) is 7.89. The summed E-state index contributed by atoms with van der Waals surface area (Å²) in [6.45, 7) is 3.60. The van der Waals surface area contributed by atoms with Gasteiger partial charge in [0.1, 0.15) is 0 Å². The fourth-order valence-electron chi connectivity index (χ4n) is 1.04. The normalized spacial score (nSPS) is 32.0. The monoisotopic (exact) mass is 240 g/mol. The summed E-state index contributed by atoms with van der Waals surface area (Å²) in [6.07, 6.45) is 1.29. The van der Waals surface area contributed by atoms with Gasteiger partial charge in [0, 0.05) is 6.54 Å². The Morgan fingerprint density at radius 1 is 1.67 bits per heavy atom. The van der Waals surface area contributed by atoms with E-state index < -0.39 is 0 Å². The molecule has 0 radical (unpaired) electrons. The third-order valence-electron chi connectivity index (χ3n) is 1.55. The molecule has 0 aromatic rings. The Kier molecular flexibility index (Phi) is 3.21. The molecule has 9 heavy (non-hydrogen) atoms. The van der Waals surface area contributed by atoms with Crippen LogP contribution in [0.5, 0.6) is 0 Å². The maximum absolute atomic E-state index is 3.42. The molecule has 1 aliphatic heterocycles. The molecule has 0 aromatic heterocycles. The van der Waals surface area contributed by atoms with Crippen molar-refractivity contribution in [3.8, 4) is 0 Å². The molecule has 54 valence electrons. The van der Waals surface area contributed by atoms with E-state index in [0.29, 0.717) is 4.05 Å². The van der Waals surface area contributed by atoms with Gasteiger partial charge in [-0.15, -0.1) is 0 Å². The van der Waals surface area contributed by atoms with Crippen molar-refractivity contribution in [3.63, 3.8) is 0 Å². The number of alkyl halides is 1. The van der Waals surface area contributed by atoms with E-state index in [4.69, 9.17) is 0 Å². The minimum Gasteiger partial charge on any atom is -0.304 e. The van der Waals surface area contributed by atoms with Gasteiger partial charge in [0.05, 0.1) is 4.05 Å². The Bertz CT molecular complexity index is 77.1. The Labute approximate surface area is 70.1 Å². The molecule has 1 atom stereocenters. The molecule has 0 spiro atoms. The summed E-state index contributed by atoms with van der Waals surface area (Å²) in [7, 11) is 2.18. The Morgan fingerprint density at radius 3 is 3.22 bits per heavy atom. The first-order valence-electron chi connectivity index (χ1n) is 3.35. The van der Waals surface area contributed by atoms with E-state index in [-0.39, 0.29) is 0 Å². The van der Waals surface area contributed by atoms with Crippen LogP contribution in [0.25, 0.3) is 0 Å². The molecule has 1 fully saturated rings. The zero-order chi connectivity index (χ0) is 6.69. The smallest absolute Gasteiger partial charge is 0.0722 e. The minimum atomic E-state index is 0.648. The van der Waals surface area contributed by atoms with Crippen LogP contribution >= 0.6 is 22.6 Å². The third kappa shape index (κ3) is 2.82. The summed E-state index contributed by atoms with van der Waals surface area (Å²) in [5.74, 6) is 0. The zero-order valence-electron chi connectivity index (χ0n) is 5.73. The summed E-state index contributed by atoms with van der Waals surface area (Å²) in [4.78, 5) is 2.37. The van der Waals surface area contributed by atoms with Crippen molar-refractivity contribution in [3.05, 3.63) is 0 Å². The molecule has 1 heterocycles. The van der Waals surface area contributed by atoms with Crippen LogP contribution in [0.1, 0.15) is 6.42 Å². The topological polar surface area (TPSA) is 15.3 Å². The second-order valence-electron chi connectivity index (χ2n) is 2.54. The molecular weight excluding hydrogens is 227 g/mol. The summed E-state index contributed by atoms with van der Waals surface area (Å²) in [6, 6.07) is 0. The molecular formula is C6H13IN2. The lowest BCUT2D eigenvalue weighted by molar-refractivity contribution is 0.355. The van der Waals surface area contributed by atoms with Gasteiger partial charge >= 0.3 is 0 Å². The number of likely N-dealkylation sites (N-methyl/N-ethyl adjacent to an activating group) is 1. The molecule has 0 amide bonds. The number of halogens is 1. The first-order chi connectivity index (χ1) is 4.29. The van der Waals surface area contributed by atoms with E-state index in [1.54, 1.807) is 0 Å². The average Bonchev–Trinajstić information content (AvgIpc) is 1.93. The molecule has 1 rings (SSSR count). The molecule has 3 heteroatoms. The van der Waals surface area contributed by atoms with Gasteiger partial charge in [-0.1, -0.05) is 22.6 Å². The van der Waals surface area contributed by atoms with Gasteiger partial charge in [-0.25, -0.2) is 0 Å². The summed E-state index contributed by atoms with van der Waals surface area (Å²) in [5, 5.41) is 3.42. The summed E-state index contributed by atoms with van der Waals surface area (Å²) in [5.41, 5.74) is 0. The van der Waals surface area contributed by atoms with Gasteiger partial charge in [0.15, 0.2) is 0 Å². The van der Waals surface area contributed by atoms with Crippen LogP contribution in [-0.4, -0.2) is 35.6 Å². The van der Waals surface area contributed by atoms with Crippen LogP contribution in [0.15, 0.2) is 0 Å². The molecule has 0 bridgehead atoms. The Hall–Kier alpha value is 0.650. The lowest BCUT2D eigenvalue weighted by atomic mass is 10.4. The maximum atomic E-state index is 3.42. The first-order valence-corrected chi connectivity index (χ1v) is 4.59. The molecule has 2 nitrogen and oxygen atoms in total. The van der Waals surface area contributed by atoms with Crippen molar-refractivity contribution < 1.29 is 0 Å². The highest BCUT2D eigenvalue weighted by Gasteiger charge is 2.09. The molecule has 0 saturated carbocycles. The van der Waals surface area contributed by atoms with Crippen molar-refractivity contribution in [2.75, 3.05) is 26.7 Å². The summed E-state index contributed by atoms with van der Waals surface area (Å²) >= 11 is 2.44. The van der Waals surface area contributed by atoms with Crippen molar-refractivity contribution >= 4 is 22.6 Å². The van der Waals surface area contributed by atoms with E-state index in [1.807, 2.05) is 0 Å². The highest BCUT2D eigenvalue weighted by atomic mass is 127. The van der Waals surface area contributed by atoms with Gasteiger partial charge in [-0.2, -0.15) is 0 Å². The highest BCUT2D eigenvalue weighted by molar-refractivity contribution is 14.1. The first kappa shape index (κ1) is 7.75. The van der Waals surface area contributed by atoms with Crippen LogP contribution in [0.3, 0.4) is 0 Å². The molecule has 1 unspecified atom stereocenters. The van der Waals surface area contributed by atoms with E-state index in [0.717, 1.165) is 0 Å². The van der Waals surface area contributed by atoms with E-state index in [2.05, 4.69) is 39.9 Å². The number of hydrogen-bond acceptors (Lipinski definition) is 2. The quantitative estimate of drug-likeness (QED) is 0.380. The van der Waals surface area contributed by atoms with Crippen molar-refractivity contribution in [2.24, 2.45) is 0 Å². The van der Waals surface area contributed by atoms with Crippen LogP contribution in [0.2, 0.25) is 0 Å². The largest absolute Gasteiger partial charge is 0.304 e. The molecule has 1 aliphatic rings. The second-order valence-corrected chi connectivity index (χ2v) is 4.04. The average molecular weight is 240 g/mol. The minimum absolute atomic E-state index is 0.648. The molecule has 0 aliphatic carbocycles. The lowest BCUT2D eigenvalue weighted by Gasteiger charge is -2.14. The van der Waals surface area contributed by atoms with Crippen LogP contribution in [-0.2, 0) is 0 Å². The molecule has 1 saturated heterocycles. The number of rotatable bonds is 0. The summed E-state index contributed by atoms with van der Waals surface area (Å²) < 4.78 is 0.648.